The number of rotatable bonds is 6. The summed E-state index contributed by atoms with van der Waals surface area (Å²) in [4.78, 5) is 25.0. The maximum absolute atomic E-state index is 12.0. The van der Waals surface area contributed by atoms with Crippen LogP contribution in [0.25, 0.3) is 0 Å². The zero-order valence-corrected chi connectivity index (χ0v) is 12.8. The number of fused-ring (bicyclic) bond motifs is 1. The molecule has 2 aliphatic rings. The summed E-state index contributed by atoms with van der Waals surface area (Å²) in [5.41, 5.74) is 0. The molecule has 2 fully saturated rings. The van der Waals surface area contributed by atoms with Crippen LogP contribution in [0.2, 0.25) is 0 Å². The Morgan fingerprint density at radius 1 is 1.29 bits per heavy atom. The molecule has 2 rings (SSSR count). The van der Waals surface area contributed by atoms with Crippen LogP contribution in [0, 0.1) is 0 Å². The van der Waals surface area contributed by atoms with Gasteiger partial charge in [-0.15, -0.1) is 0 Å². The molecule has 0 aromatic rings. The molecule has 21 heavy (non-hydrogen) atoms. The van der Waals surface area contributed by atoms with Crippen molar-refractivity contribution in [3.05, 3.63) is 0 Å². The molecule has 120 valence electrons. The standard InChI is InChI=1S/C15H27N3O3/c1-11(5-4-7-14(19)20)16-15(21)17-12-8-10-18-9-3-2-6-13(12)18/h11-13H,2-10H2,1H3,(H,19,20)(H2,16,17,21). The Hall–Kier alpha value is -1.30. The molecule has 0 spiro atoms. The summed E-state index contributed by atoms with van der Waals surface area (Å²) in [5, 5.41) is 14.6. The number of carbonyl (C=O) groups is 2. The van der Waals surface area contributed by atoms with Crippen LogP contribution >= 0.6 is 0 Å². The minimum Gasteiger partial charge on any atom is -0.481 e. The van der Waals surface area contributed by atoms with Gasteiger partial charge in [-0.2, -0.15) is 0 Å². The van der Waals surface area contributed by atoms with Crippen LogP contribution in [-0.4, -0.2) is 53.2 Å². The Morgan fingerprint density at radius 3 is 2.86 bits per heavy atom. The second kappa shape index (κ2) is 7.64. The van der Waals surface area contributed by atoms with Crippen LogP contribution in [0.1, 0.15) is 51.9 Å². The summed E-state index contributed by atoms with van der Waals surface area (Å²) in [6, 6.07) is 0.659. The van der Waals surface area contributed by atoms with Crippen LogP contribution in [0.5, 0.6) is 0 Å². The number of carbonyl (C=O) groups excluding carboxylic acids is 1. The van der Waals surface area contributed by atoms with Gasteiger partial charge in [-0.3, -0.25) is 9.69 Å². The fourth-order valence-electron chi connectivity index (χ4n) is 3.48. The van der Waals surface area contributed by atoms with E-state index in [0.29, 0.717) is 18.9 Å². The molecule has 2 amide bonds. The van der Waals surface area contributed by atoms with Crippen molar-refractivity contribution >= 4 is 12.0 Å². The highest BCUT2D eigenvalue weighted by molar-refractivity contribution is 5.74. The summed E-state index contributed by atoms with van der Waals surface area (Å²) in [6.45, 7) is 4.17. The Morgan fingerprint density at radius 2 is 2.10 bits per heavy atom. The lowest BCUT2D eigenvalue weighted by atomic mass is 9.99. The van der Waals surface area contributed by atoms with Gasteiger partial charge in [0.15, 0.2) is 0 Å². The minimum absolute atomic E-state index is 0.00760. The first-order chi connectivity index (χ1) is 10.1. The Balaban J connectivity index is 1.68. The summed E-state index contributed by atoms with van der Waals surface area (Å²) in [6.07, 6.45) is 6.19. The maximum atomic E-state index is 12.0. The number of piperidine rings is 1. The Labute approximate surface area is 126 Å². The smallest absolute Gasteiger partial charge is 0.315 e. The van der Waals surface area contributed by atoms with Crippen LogP contribution in [0.4, 0.5) is 4.79 Å². The van der Waals surface area contributed by atoms with Crippen LogP contribution in [-0.2, 0) is 4.79 Å². The predicted molar refractivity (Wildman–Crippen MR) is 80.2 cm³/mol. The van der Waals surface area contributed by atoms with E-state index < -0.39 is 5.97 Å². The van der Waals surface area contributed by atoms with E-state index in [1.807, 2.05) is 6.92 Å². The molecule has 0 aliphatic carbocycles. The van der Waals surface area contributed by atoms with Gasteiger partial charge >= 0.3 is 12.0 Å². The molecule has 0 aromatic heterocycles. The molecule has 0 radical (unpaired) electrons. The van der Waals surface area contributed by atoms with Gasteiger partial charge in [0.1, 0.15) is 0 Å². The zero-order valence-electron chi connectivity index (χ0n) is 12.8. The molecule has 6 nitrogen and oxygen atoms in total. The lowest BCUT2D eigenvalue weighted by Gasteiger charge is -2.32. The average Bonchev–Trinajstić information content (AvgIpc) is 2.81. The van der Waals surface area contributed by atoms with Crippen molar-refractivity contribution in [2.75, 3.05) is 13.1 Å². The van der Waals surface area contributed by atoms with Gasteiger partial charge in [-0.25, -0.2) is 4.79 Å². The van der Waals surface area contributed by atoms with Gasteiger partial charge in [0.05, 0.1) is 0 Å². The highest BCUT2D eigenvalue weighted by Gasteiger charge is 2.36. The predicted octanol–water partition coefficient (Wildman–Crippen LogP) is 1.56. The Bertz CT molecular complexity index is 375. The molecule has 3 atom stereocenters. The number of urea groups is 1. The molecule has 2 aliphatic heterocycles. The molecule has 3 N–H and O–H groups in total. The summed E-state index contributed by atoms with van der Waals surface area (Å²) in [7, 11) is 0. The quantitative estimate of drug-likeness (QED) is 0.695. The van der Waals surface area contributed by atoms with Crippen LogP contribution < -0.4 is 10.6 Å². The van der Waals surface area contributed by atoms with Crippen molar-refractivity contribution in [1.29, 1.82) is 0 Å². The van der Waals surface area contributed by atoms with Crippen molar-refractivity contribution in [3.8, 4) is 0 Å². The van der Waals surface area contributed by atoms with Crippen molar-refractivity contribution < 1.29 is 14.7 Å². The number of hydrogen-bond donors (Lipinski definition) is 3. The first-order valence-electron chi connectivity index (χ1n) is 8.09. The Kier molecular flexibility index (Phi) is 5.85. The highest BCUT2D eigenvalue weighted by atomic mass is 16.4. The maximum Gasteiger partial charge on any atom is 0.315 e. The molecule has 2 saturated heterocycles. The van der Waals surface area contributed by atoms with E-state index in [2.05, 4.69) is 15.5 Å². The van der Waals surface area contributed by atoms with Crippen molar-refractivity contribution in [1.82, 2.24) is 15.5 Å². The molecule has 6 heteroatoms. The van der Waals surface area contributed by atoms with Gasteiger partial charge < -0.3 is 15.7 Å². The lowest BCUT2D eigenvalue weighted by Crippen LogP contribution is -2.51. The van der Waals surface area contributed by atoms with E-state index in [1.54, 1.807) is 0 Å². The van der Waals surface area contributed by atoms with Gasteiger partial charge in [-0.05, 0) is 45.6 Å². The monoisotopic (exact) mass is 297 g/mol. The molecular formula is C15H27N3O3. The molecule has 2 heterocycles. The first kappa shape index (κ1) is 16.1. The van der Waals surface area contributed by atoms with Gasteiger partial charge in [0.25, 0.3) is 0 Å². The number of nitrogens with zero attached hydrogens (tertiary/aromatic N) is 1. The topological polar surface area (TPSA) is 81.7 Å². The first-order valence-corrected chi connectivity index (χ1v) is 8.09. The normalized spacial score (nSPS) is 26.9. The average molecular weight is 297 g/mol. The van der Waals surface area contributed by atoms with E-state index in [1.165, 1.54) is 19.3 Å². The van der Waals surface area contributed by atoms with E-state index >= 15 is 0 Å². The fourth-order valence-corrected chi connectivity index (χ4v) is 3.48. The number of carboxylic acid groups (broad SMARTS) is 1. The number of nitrogens with one attached hydrogen (secondary N) is 2. The van der Waals surface area contributed by atoms with Crippen LogP contribution in [0.15, 0.2) is 0 Å². The number of hydrogen-bond acceptors (Lipinski definition) is 3. The van der Waals surface area contributed by atoms with Crippen molar-refractivity contribution in [3.63, 3.8) is 0 Å². The minimum atomic E-state index is -0.782. The summed E-state index contributed by atoms with van der Waals surface area (Å²) in [5.74, 6) is -0.782. The second-order valence-electron chi connectivity index (χ2n) is 6.30. The largest absolute Gasteiger partial charge is 0.481 e. The third kappa shape index (κ3) is 4.88. The molecule has 0 aromatic carbocycles. The molecular weight excluding hydrogens is 270 g/mol. The van der Waals surface area contributed by atoms with Gasteiger partial charge in [0, 0.05) is 31.1 Å². The third-order valence-corrected chi connectivity index (χ3v) is 4.58. The lowest BCUT2D eigenvalue weighted by molar-refractivity contribution is -0.137. The number of amides is 2. The molecule has 0 bridgehead atoms. The highest BCUT2D eigenvalue weighted by Crippen LogP contribution is 2.26. The summed E-state index contributed by atoms with van der Waals surface area (Å²) >= 11 is 0. The number of aliphatic carboxylic acids is 1. The van der Waals surface area contributed by atoms with E-state index in [-0.39, 0.29) is 24.5 Å². The van der Waals surface area contributed by atoms with E-state index in [0.717, 1.165) is 19.5 Å². The van der Waals surface area contributed by atoms with Gasteiger partial charge in [-0.1, -0.05) is 6.42 Å². The van der Waals surface area contributed by atoms with Crippen molar-refractivity contribution in [2.45, 2.75) is 70.0 Å². The SMILES string of the molecule is CC(CCCC(=O)O)NC(=O)NC1CCN2CCCCC12. The zero-order chi connectivity index (χ0) is 15.2. The molecule has 3 unspecified atom stereocenters. The molecule has 0 saturated carbocycles. The third-order valence-electron chi connectivity index (χ3n) is 4.58. The summed E-state index contributed by atoms with van der Waals surface area (Å²) < 4.78 is 0. The fraction of sp³-hybridized carbons (Fsp3) is 0.867. The van der Waals surface area contributed by atoms with E-state index in [4.69, 9.17) is 5.11 Å². The van der Waals surface area contributed by atoms with Gasteiger partial charge in [0.2, 0.25) is 0 Å². The second-order valence-corrected chi connectivity index (χ2v) is 6.30. The van der Waals surface area contributed by atoms with Crippen LogP contribution in [0.3, 0.4) is 0 Å². The van der Waals surface area contributed by atoms with Crippen molar-refractivity contribution in [2.24, 2.45) is 0 Å². The number of carboxylic acids is 1. The van der Waals surface area contributed by atoms with E-state index in [9.17, 15) is 9.59 Å².